The van der Waals surface area contributed by atoms with E-state index in [0.717, 1.165) is 28.7 Å². The van der Waals surface area contributed by atoms with E-state index in [0.29, 0.717) is 0 Å². The van der Waals surface area contributed by atoms with Gasteiger partial charge in [0.05, 0.1) is 12.5 Å². The summed E-state index contributed by atoms with van der Waals surface area (Å²) in [5.41, 5.74) is 2.09. The fourth-order valence-electron chi connectivity index (χ4n) is 1.66. The molecule has 0 spiro atoms. The molecule has 1 aromatic carbocycles. The average Bonchev–Trinajstić information content (AvgIpc) is 2.65. The summed E-state index contributed by atoms with van der Waals surface area (Å²) in [4.78, 5) is 0. The fraction of sp³-hybridized carbons (Fsp3) is 0.0909. The molecule has 2 heterocycles. The average molecular weight is 172 g/mol. The van der Waals surface area contributed by atoms with Crippen molar-refractivity contribution in [3.63, 3.8) is 0 Å². The van der Waals surface area contributed by atoms with Gasteiger partial charge < -0.3 is 9.15 Å². The lowest BCUT2D eigenvalue weighted by Crippen LogP contribution is -1.95. The van der Waals surface area contributed by atoms with E-state index in [1.54, 1.807) is 12.5 Å². The Hall–Kier alpha value is -1.70. The van der Waals surface area contributed by atoms with Gasteiger partial charge in [0.15, 0.2) is 0 Å². The van der Waals surface area contributed by atoms with E-state index in [9.17, 15) is 0 Å². The van der Waals surface area contributed by atoms with Gasteiger partial charge >= 0.3 is 0 Å². The molecule has 0 bridgehead atoms. The van der Waals surface area contributed by atoms with E-state index < -0.39 is 0 Å². The lowest BCUT2D eigenvalue weighted by molar-refractivity contribution is 0.463. The second-order valence-electron chi connectivity index (χ2n) is 3.07. The summed E-state index contributed by atoms with van der Waals surface area (Å²) in [5.74, 6) is 0.907. The van der Waals surface area contributed by atoms with Crippen LogP contribution in [0.15, 0.2) is 41.2 Å². The van der Waals surface area contributed by atoms with Crippen LogP contribution in [-0.4, -0.2) is 0 Å². The zero-order chi connectivity index (χ0) is 8.67. The molecule has 1 aromatic heterocycles. The van der Waals surface area contributed by atoms with Crippen LogP contribution in [0, 0.1) is 0 Å². The van der Waals surface area contributed by atoms with Crippen LogP contribution in [0.1, 0.15) is 5.56 Å². The standard InChI is InChI=1S/C11H8O2/c1-2-9-10(12-6-1)4-3-8-5-7-13-11(8)9/h1,3-7H,2H2. The molecule has 3 rings (SSSR count). The van der Waals surface area contributed by atoms with Crippen LogP contribution < -0.4 is 4.74 Å². The second-order valence-corrected chi connectivity index (χ2v) is 3.07. The van der Waals surface area contributed by atoms with Crippen LogP contribution in [0.4, 0.5) is 0 Å². The highest BCUT2D eigenvalue weighted by atomic mass is 16.5. The molecule has 0 atom stereocenters. The van der Waals surface area contributed by atoms with E-state index in [-0.39, 0.29) is 0 Å². The Balaban J connectivity index is 2.38. The Morgan fingerprint density at radius 3 is 3.15 bits per heavy atom. The van der Waals surface area contributed by atoms with Gasteiger partial charge in [-0.05, 0) is 24.3 Å². The van der Waals surface area contributed by atoms with Gasteiger partial charge in [-0.15, -0.1) is 0 Å². The minimum absolute atomic E-state index is 0.889. The fourth-order valence-corrected chi connectivity index (χ4v) is 1.66. The highest BCUT2D eigenvalue weighted by Crippen LogP contribution is 2.31. The predicted molar refractivity (Wildman–Crippen MR) is 49.7 cm³/mol. The molecule has 0 unspecified atom stereocenters. The van der Waals surface area contributed by atoms with Gasteiger partial charge in [0.1, 0.15) is 11.3 Å². The van der Waals surface area contributed by atoms with Crippen LogP contribution in [0.5, 0.6) is 5.75 Å². The largest absolute Gasteiger partial charge is 0.465 e. The normalized spacial score (nSPS) is 14.2. The molecule has 2 nitrogen and oxygen atoms in total. The predicted octanol–water partition coefficient (Wildman–Crippen LogP) is 2.88. The van der Waals surface area contributed by atoms with Crippen molar-refractivity contribution in [1.29, 1.82) is 0 Å². The Labute approximate surface area is 75.4 Å². The Morgan fingerprint density at radius 2 is 2.15 bits per heavy atom. The number of ether oxygens (including phenoxy) is 1. The molecule has 13 heavy (non-hydrogen) atoms. The maximum absolute atomic E-state index is 5.40. The molecule has 0 fully saturated rings. The summed E-state index contributed by atoms with van der Waals surface area (Å²) in [6, 6.07) is 5.96. The van der Waals surface area contributed by atoms with Crippen LogP contribution in [0.25, 0.3) is 11.0 Å². The van der Waals surface area contributed by atoms with Crippen LogP contribution in [0.2, 0.25) is 0 Å². The lowest BCUT2D eigenvalue weighted by atomic mass is 10.1. The smallest absolute Gasteiger partial charge is 0.141 e. The quantitative estimate of drug-likeness (QED) is 0.609. The molecule has 1 aliphatic heterocycles. The third kappa shape index (κ3) is 0.886. The molecule has 64 valence electrons. The highest BCUT2D eigenvalue weighted by Gasteiger charge is 2.12. The van der Waals surface area contributed by atoms with Gasteiger partial charge in [0, 0.05) is 17.4 Å². The number of hydrogen-bond donors (Lipinski definition) is 0. The van der Waals surface area contributed by atoms with Gasteiger partial charge in [-0.25, -0.2) is 0 Å². The zero-order valence-electron chi connectivity index (χ0n) is 6.99. The van der Waals surface area contributed by atoms with Crippen molar-refractivity contribution >= 4 is 11.0 Å². The zero-order valence-corrected chi connectivity index (χ0v) is 6.99. The molecule has 0 saturated carbocycles. The first-order valence-electron chi connectivity index (χ1n) is 4.26. The van der Waals surface area contributed by atoms with Crippen molar-refractivity contribution in [2.24, 2.45) is 0 Å². The summed E-state index contributed by atoms with van der Waals surface area (Å²) >= 11 is 0. The van der Waals surface area contributed by atoms with Crippen molar-refractivity contribution in [3.05, 3.63) is 42.4 Å². The van der Waals surface area contributed by atoms with Crippen molar-refractivity contribution in [1.82, 2.24) is 0 Å². The summed E-state index contributed by atoms with van der Waals surface area (Å²) in [6.07, 6.45) is 6.31. The minimum Gasteiger partial charge on any atom is -0.465 e. The third-order valence-corrected chi connectivity index (χ3v) is 2.29. The minimum atomic E-state index is 0.889. The molecule has 0 amide bonds. The van der Waals surface area contributed by atoms with Crippen molar-refractivity contribution < 1.29 is 9.15 Å². The summed E-state index contributed by atoms with van der Waals surface area (Å²) < 4.78 is 10.8. The van der Waals surface area contributed by atoms with Gasteiger partial charge in [0.25, 0.3) is 0 Å². The molecule has 1 aliphatic rings. The number of fused-ring (bicyclic) bond motifs is 3. The monoisotopic (exact) mass is 172 g/mol. The molecule has 2 heteroatoms. The molecule has 0 saturated heterocycles. The Kier molecular flexibility index (Phi) is 1.25. The summed E-state index contributed by atoms with van der Waals surface area (Å²) in [5, 5.41) is 1.14. The second kappa shape index (κ2) is 2.39. The van der Waals surface area contributed by atoms with Crippen molar-refractivity contribution in [3.8, 4) is 5.75 Å². The van der Waals surface area contributed by atoms with Crippen molar-refractivity contribution in [2.45, 2.75) is 6.42 Å². The number of allylic oxidation sites excluding steroid dienone is 1. The Morgan fingerprint density at radius 1 is 1.15 bits per heavy atom. The molecule has 0 radical (unpaired) electrons. The molecular formula is C11H8O2. The Bertz CT molecular complexity index is 480. The van der Waals surface area contributed by atoms with Crippen LogP contribution in [0.3, 0.4) is 0 Å². The highest BCUT2D eigenvalue weighted by molar-refractivity contribution is 5.83. The summed E-state index contributed by atoms with van der Waals surface area (Å²) in [7, 11) is 0. The maximum Gasteiger partial charge on any atom is 0.141 e. The van der Waals surface area contributed by atoms with Crippen LogP contribution >= 0.6 is 0 Å². The lowest BCUT2D eigenvalue weighted by Gasteiger charge is -2.10. The summed E-state index contributed by atoms with van der Waals surface area (Å²) in [6.45, 7) is 0. The first-order chi connectivity index (χ1) is 6.45. The maximum atomic E-state index is 5.40. The molecular weight excluding hydrogens is 164 g/mol. The van der Waals surface area contributed by atoms with E-state index in [1.807, 2.05) is 24.3 Å². The van der Waals surface area contributed by atoms with Crippen molar-refractivity contribution in [2.75, 3.05) is 0 Å². The third-order valence-electron chi connectivity index (χ3n) is 2.29. The number of rotatable bonds is 0. The SMILES string of the molecule is C1=COc2ccc3ccoc3c2C1. The van der Waals surface area contributed by atoms with Gasteiger partial charge in [0.2, 0.25) is 0 Å². The van der Waals surface area contributed by atoms with Gasteiger partial charge in [-0.2, -0.15) is 0 Å². The molecule has 0 N–H and O–H groups in total. The van der Waals surface area contributed by atoms with E-state index in [1.165, 1.54) is 0 Å². The number of furan rings is 1. The van der Waals surface area contributed by atoms with E-state index in [4.69, 9.17) is 9.15 Å². The topological polar surface area (TPSA) is 22.4 Å². The van der Waals surface area contributed by atoms with Gasteiger partial charge in [-0.1, -0.05) is 0 Å². The van der Waals surface area contributed by atoms with Gasteiger partial charge in [-0.3, -0.25) is 0 Å². The number of hydrogen-bond acceptors (Lipinski definition) is 2. The first-order valence-corrected chi connectivity index (χ1v) is 4.26. The number of benzene rings is 1. The van der Waals surface area contributed by atoms with E-state index >= 15 is 0 Å². The van der Waals surface area contributed by atoms with E-state index in [2.05, 4.69) is 0 Å². The molecule has 2 aromatic rings. The first kappa shape index (κ1) is 6.78. The van der Waals surface area contributed by atoms with Crippen LogP contribution in [-0.2, 0) is 6.42 Å². The molecule has 0 aliphatic carbocycles.